The number of amides is 2. The zero-order chi connectivity index (χ0) is 16.9. The van der Waals surface area contributed by atoms with Gasteiger partial charge in [0.25, 0.3) is 0 Å². The second-order valence-corrected chi connectivity index (χ2v) is 5.51. The van der Waals surface area contributed by atoms with Crippen molar-refractivity contribution in [2.24, 2.45) is 0 Å². The maximum atomic E-state index is 12.4. The van der Waals surface area contributed by atoms with E-state index in [2.05, 4.69) is 15.4 Å². The predicted octanol–water partition coefficient (Wildman–Crippen LogP) is 3.49. The molecule has 3 aromatic rings. The predicted molar refractivity (Wildman–Crippen MR) is 93.0 cm³/mol. The first-order valence-electron chi connectivity index (χ1n) is 7.69. The van der Waals surface area contributed by atoms with Crippen molar-refractivity contribution >= 4 is 11.7 Å². The fourth-order valence-electron chi connectivity index (χ4n) is 2.34. The first-order valence-corrected chi connectivity index (χ1v) is 7.69. The Morgan fingerprint density at radius 3 is 2.67 bits per heavy atom. The first-order chi connectivity index (χ1) is 11.6. The van der Waals surface area contributed by atoms with Gasteiger partial charge >= 0.3 is 6.03 Å². The summed E-state index contributed by atoms with van der Waals surface area (Å²) in [6.07, 6.45) is 6.90. The number of carbonyl (C=O) groups excluding carboxylic acids is 1. The van der Waals surface area contributed by atoms with Crippen LogP contribution in [-0.2, 0) is 0 Å². The molecule has 0 saturated carbocycles. The summed E-state index contributed by atoms with van der Waals surface area (Å²) < 4.78 is 1.72. The van der Waals surface area contributed by atoms with Gasteiger partial charge in [-0.1, -0.05) is 24.3 Å². The Kier molecular flexibility index (Phi) is 4.56. The highest BCUT2D eigenvalue weighted by atomic mass is 16.2. The van der Waals surface area contributed by atoms with E-state index in [0.29, 0.717) is 5.69 Å². The number of benzene rings is 1. The van der Waals surface area contributed by atoms with Crippen molar-refractivity contribution in [1.82, 2.24) is 19.7 Å². The minimum Gasteiger partial charge on any atom is -0.321 e. The third-order valence-corrected chi connectivity index (χ3v) is 3.92. The highest BCUT2D eigenvalue weighted by molar-refractivity contribution is 5.89. The van der Waals surface area contributed by atoms with Gasteiger partial charge in [0.15, 0.2) is 0 Å². The van der Waals surface area contributed by atoms with E-state index in [0.717, 1.165) is 11.3 Å². The summed E-state index contributed by atoms with van der Waals surface area (Å²) >= 11 is 0. The lowest BCUT2D eigenvalue weighted by Gasteiger charge is -2.25. The molecule has 0 spiro atoms. The van der Waals surface area contributed by atoms with Gasteiger partial charge in [0, 0.05) is 19.4 Å². The molecule has 1 N–H and O–H groups in total. The van der Waals surface area contributed by atoms with E-state index in [1.165, 1.54) is 0 Å². The van der Waals surface area contributed by atoms with Gasteiger partial charge in [-0.15, -0.1) is 0 Å². The molecular weight excluding hydrogens is 302 g/mol. The summed E-state index contributed by atoms with van der Waals surface area (Å²) in [6.45, 7) is 1.96. The van der Waals surface area contributed by atoms with Crippen molar-refractivity contribution in [2.45, 2.75) is 13.0 Å². The molecular formula is C18H19N5O. The molecule has 0 saturated heterocycles. The third kappa shape index (κ3) is 3.43. The van der Waals surface area contributed by atoms with Crippen molar-refractivity contribution in [3.05, 3.63) is 72.8 Å². The number of urea groups is 1. The standard InChI is InChI=1S/C18H19N5O/c1-14(15-7-6-10-19-11-15)22(2)18(24)21-16-12-20-23(13-16)17-8-4-3-5-9-17/h3-14H,1-2H3,(H,21,24)/t14-/m1/s1. The molecule has 3 rings (SSSR count). The highest BCUT2D eigenvalue weighted by Gasteiger charge is 2.18. The number of rotatable bonds is 4. The molecule has 0 aliphatic carbocycles. The van der Waals surface area contributed by atoms with Crippen LogP contribution in [0.5, 0.6) is 0 Å². The zero-order valence-electron chi connectivity index (χ0n) is 13.6. The molecule has 2 aromatic heterocycles. The Labute approximate surface area is 140 Å². The Bertz CT molecular complexity index is 801. The lowest BCUT2D eigenvalue weighted by molar-refractivity contribution is 0.208. The number of aromatic nitrogens is 3. The van der Waals surface area contributed by atoms with Gasteiger partial charge in [-0.05, 0) is 30.7 Å². The number of carbonyl (C=O) groups is 1. The maximum Gasteiger partial charge on any atom is 0.322 e. The molecule has 2 amide bonds. The van der Waals surface area contributed by atoms with Gasteiger partial charge in [0.1, 0.15) is 0 Å². The molecule has 24 heavy (non-hydrogen) atoms. The lowest BCUT2D eigenvalue weighted by atomic mass is 10.1. The van der Waals surface area contributed by atoms with Crippen molar-refractivity contribution in [3.8, 4) is 5.69 Å². The summed E-state index contributed by atoms with van der Waals surface area (Å²) in [4.78, 5) is 18.2. The van der Waals surface area contributed by atoms with E-state index in [9.17, 15) is 4.79 Å². The zero-order valence-corrected chi connectivity index (χ0v) is 13.6. The summed E-state index contributed by atoms with van der Waals surface area (Å²) in [5.41, 5.74) is 2.57. The number of pyridine rings is 1. The number of nitrogens with zero attached hydrogens (tertiary/aromatic N) is 4. The molecule has 0 unspecified atom stereocenters. The van der Waals surface area contributed by atoms with E-state index in [1.807, 2.05) is 49.4 Å². The van der Waals surface area contributed by atoms with Crippen LogP contribution in [0.2, 0.25) is 0 Å². The van der Waals surface area contributed by atoms with E-state index < -0.39 is 0 Å². The fourth-order valence-corrected chi connectivity index (χ4v) is 2.34. The monoisotopic (exact) mass is 321 g/mol. The molecule has 0 bridgehead atoms. The van der Waals surface area contributed by atoms with Gasteiger partial charge in [0.2, 0.25) is 0 Å². The normalized spacial score (nSPS) is 11.8. The second kappa shape index (κ2) is 6.95. The molecule has 1 atom stereocenters. The number of hydrogen-bond acceptors (Lipinski definition) is 3. The van der Waals surface area contributed by atoms with Crippen LogP contribution in [0, 0.1) is 0 Å². The molecule has 6 nitrogen and oxygen atoms in total. The van der Waals surface area contributed by atoms with Crippen molar-refractivity contribution < 1.29 is 4.79 Å². The molecule has 122 valence electrons. The van der Waals surface area contributed by atoms with E-state index in [1.54, 1.807) is 41.4 Å². The molecule has 0 aliphatic heterocycles. The summed E-state index contributed by atoms with van der Waals surface area (Å²) in [5.74, 6) is 0. The number of anilines is 1. The van der Waals surface area contributed by atoms with E-state index in [4.69, 9.17) is 0 Å². The average molecular weight is 321 g/mol. The summed E-state index contributed by atoms with van der Waals surface area (Å²) in [5, 5.41) is 7.14. The summed E-state index contributed by atoms with van der Waals surface area (Å²) in [7, 11) is 1.76. The first kappa shape index (κ1) is 15.7. The Balaban J connectivity index is 1.68. The Morgan fingerprint density at radius 2 is 1.96 bits per heavy atom. The topological polar surface area (TPSA) is 63.1 Å². The van der Waals surface area contributed by atoms with Gasteiger partial charge in [0.05, 0.1) is 29.8 Å². The smallest absolute Gasteiger partial charge is 0.321 e. The lowest BCUT2D eigenvalue weighted by Crippen LogP contribution is -2.33. The van der Waals surface area contributed by atoms with Gasteiger partial charge in [-0.25, -0.2) is 9.48 Å². The fraction of sp³-hybridized carbons (Fsp3) is 0.167. The van der Waals surface area contributed by atoms with Gasteiger partial charge < -0.3 is 10.2 Å². The van der Waals surface area contributed by atoms with Gasteiger partial charge in [-0.3, -0.25) is 4.98 Å². The SMILES string of the molecule is C[C@H](c1cccnc1)N(C)C(=O)Nc1cnn(-c2ccccc2)c1. The number of hydrogen-bond donors (Lipinski definition) is 1. The van der Waals surface area contributed by atoms with E-state index in [-0.39, 0.29) is 12.1 Å². The molecule has 0 aliphatic rings. The minimum absolute atomic E-state index is 0.0807. The maximum absolute atomic E-state index is 12.4. The second-order valence-electron chi connectivity index (χ2n) is 5.51. The van der Waals surface area contributed by atoms with Crippen LogP contribution >= 0.6 is 0 Å². The molecule has 6 heteroatoms. The molecule has 0 fully saturated rings. The van der Waals surface area contributed by atoms with E-state index >= 15 is 0 Å². The van der Waals surface area contributed by atoms with Crippen LogP contribution in [0.4, 0.5) is 10.5 Å². The quantitative estimate of drug-likeness (QED) is 0.800. The largest absolute Gasteiger partial charge is 0.322 e. The van der Waals surface area contributed by atoms with Crippen molar-refractivity contribution in [3.63, 3.8) is 0 Å². The Hall–Kier alpha value is -3.15. The minimum atomic E-state index is -0.195. The average Bonchev–Trinajstić information content (AvgIpc) is 3.10. The molecule has 2 heterocycles. The van der Waals surface area contributed by atoms with Crippen molar-refractivity contribution in [2.75, 3.05) is 12.4 Å². The highest BCUT2D eigenvalue weighted by Crippen LogP contribution is 2.19. The number of nitrogens with one attached hydrogen (secondary N) is 1. The van der Waals surface area contributed by atoms with Crippen molar-refractivity contribution in [1.29, 1.82) is 0 Å². The van der Waals surface area contributed by atoms with Crippen LogP contribution in [0.25, 0.3) is 5.69 Å². The molecule has 1 aromatic carbocycles. The molecule has 0 radical (unpaired) electrons. The van der Waals surface area contributed by atoms with Crippen LogP contribution in [0.1, 0.15) is 18.5 Å². The van der Waals surface area contributed by atoms with Crippen LogP contribution in [-0.4, -0.2) is 32.7 Å². The third-order valence-electron chi connectivity index (χ3n) is 3.92. The van der Waals surface area contributed by atoms with Crippen LogP contribution in [0.15, 0.2) is 67.3 Å². The Morgan fingerprint density at radius 1 is 1.17 bits per heavy atom. The van der Waals surface area contributed by atoms with Gasteiger partial charge in [-0.2, -0.15) is 5.10 Å². The van der Waals surface area contributed by atoms with Crippen LogP contribution < -0.4 is 5.32 Å². The number of para-hydroxylation sites is 1. The summed E-state index contributed by atoms with van der Waals surface area (Å²) in [6, 6.07) is 13.3. The van der Waals surface area contributed by atoms with Crippen LogP contribution in [0.3, 0.4) is 0 Å².